The summed E-state index contributed by atoms with van der Waals surface area (Å²) >= 11 is 0. The number of fused-ring (bicyclic) bond motifs is 2. The highest BCUT2D eigenvalue weighted by Crippen LogP contribution is 2.38. The minimum Gasteiger partial charge on any atom is -0.482 e. The number of ether oxygens (including phenoxy) is 1. The highest BCUT2D eigenvalue weighted by molar-refractivity contribution is 6.23. The second kappa shape index (κ2) is 17.2. The van der Waals surface area contributed by atoms with Gasteiger partial charge in [-0.15, -0.1) is 0 Å². The first kappa shape index (κ1) is 41.5. The fourth-order valence-electron chi connectivity index (χ4n) is 10.3. The number of carbonyl (C=O) groups is 4. The highest BCUT2D eigenvalue weighted by Gasteiger charge is 2.45. The molecule has 0 spiro atoms. The van der Waals surface area contributed by atoms with Gasteiger partial charge in [0.15, 0.2) is 11.6 Å². The van der Waals surface area contributed by atoms with Gasteiger partial charge in [0.1, 0.15) is 18.0 Å². The molecule has 3 N–H and O–H groups in total. The van der Waals surface area contributed by atoms with Crippen LogP contribution in [0.25, 0.3) is 16.8 Å². The van der Waals surface area contributed by atoms with Crippen LogP contribution in [0, 0.1) is 17.7 Å². The van der Waals surface area contributed by atoms with Crippen molar-refractivity contribution in [3.8, 4) is 22.6 Å². The number of nitrogens with zero attached hydrogens (tertiary/aromatic N) is 8. The van der Waals surface area contributed by atoms with E-state index in [0.29, 0.717) is 40.0 Å². The number of imide groups is 2. The van der Waals surface area contributed by atoms with Gasteiger partial charge in [-0.25, -0.2) is 9.37 Å². The van der Waals surface area contributed by atoms with Crippen LogP contribution < -0.4 is 20.7 Å². The quantitative estimate of drug-likeness (QED) is 0.159. The number of aromatic nitrogens is 4. The van der Waals surface area contributed by atoms with Crippen molar-refractivity contribution in [2.24, 2.45) is 11.8 Å². The largest absolute Gasteiger partial charge is 0.482 e. The number of anilines is 2. The van der Waals surface area contributed by atoms with E-state index in [-0.39, 0.29) is 30.4 Å². The molecule has 15 nitrogen and oxygen atoms in total. The van der Waals surface area contributed by atoms with Crippen molar-refractivity contribution in [1.29, 1.82) is 0 Å². The Morgan fingerprint density at radius 2 is 1.55 bits per heavy atom. The molecule has 3 fully saturated rings. The molecular formula is C48H51FN10O5. The predicted octanol–water partition coefficient (Wildman–Crippen LogP) is 5.54. The van der Waals surface area contributed by atoms with Crippen molar-refractivity contribution in [1.82, 2.24) is 40.0 Å². The zero-order valence-electron chi connectivity index (χ0n) is 35.8. The van der Waals surface area contributed by atoms with Gasteiger partial charge < -0.3 is 20.3 Å². The summed E-state index contributed by atoms with van der Waals surface area (Å²) < 4.78 is 20.8. The molecule has 3 saturated heterocycles. The summed E-state index contributed by atoms with van der Waals surface area (Å²) in [5, 5.41) is 10.7. The number of amides is 4. The van der Waals surface area contributed by atoms with Gasteiger partial charge in [-0.3, -0.25) is 34.3 Å². The molecule has 0 radical (unpaired) electrons. The van der Waals surface area contributed by atoms with Crippen molar-refractivity contribution < 1.29 is 28.3 Å². The molecule has 0 saturated carbocycles. The number of nitrogen functional groups attached to an aromatic ring is 1. The van der Waals surface area contributed by atoms with Gasteiger partial charge in [0.25, 0.3) is 11.8 Å². The monoisotopic (exact) mass is 866 g/mol. The number of halogens is 1. The van der Waals surface area contributed by atoms with Gasteiger partial charge in [-0.2, -0.15) is 15.0 Å². The molecule has 5 aliphatic rings. The van der Waals surface area contributed by atoms with E-state index < -0.39 is 29.9 Å². The molecule has 330 valence electrons. The van der Waals surface area contributed by atoms with E-state index in [2.05, 4.69) is 53.4 Å². The fraction of sp³-hybridized carbons (Fsp3) is 0.396. The highest BCUT2D eigenvalue weighted by atomic mass is 19.1. The van der Waals surface area contributed by atoms with Gasteiger partial charge in [0, 0.05) is 68.7 Å². The SMILES string of the molecule is C[C@@H](Oc1cc(-c2cccc3c2CN(CC2CCN(CC4CCN(c5ccc6c(c5)C(=O)N(C5CCC(=O)NC5=O)C6=O)CC4)CC2)C3)cnc1N)c1cc(F)ccc1-n1nccn1. The van der Waals surface area contributed by atoms with E-state index in [9.17, 15) is 23.6 Å². The maximum atomic E-state index is 14.4. The van der Waals surface area contributed by atoms with Crippen molar-refractivity contribution in [3.63, 3.8) is 0 Å². The Labute approximate surface area is 370 Å². The lowest BCUT2D eigenvalue weighted by molar-refractivity contribution is -0.136. The van der Waals surface area contributed by atoms with E-state index in [1.54, 1.807) is 36.8 Å². The van der Waals surface area contributed by atoms with Crippen LogP contribution in [0.1, 0.15) is 89.0 Å². The number of benzene rings is 3. The van der Waals surface area contributed by atoms with Gasteiger partial charge in [0.05, 0.1) is 29.2 Å². The second-order valence-corrected chi connectivity index (χ2v) is 17.9. The average molecular weight is 867 g/mol. The summed E-state index contributed by atoms with van der Waals surface area (Å²) in [4.78, 5) is 65.2. The van der Waals surface area contributed by atoms with E-state index in [1.165, 1.54) is 40.9 Å². The number of pyridine rings is 1. The minimum atomic E-state index is -0.968. The number of hydrogen-bond acceptors (Lipinski definition) is 12. The summed E-state index contributed by atoms with van der Waals surface area (Å²) in [5.41, 5.74) is 13.7. The van der Waals surface area contributed by atoms with E-state index >= 15 is 0 Å². The number of nitrogens with two attached hydrogens (primary N) is 1. The maximum Gasteiger partial charge on any atom is 0.262 e. The number of carbonyl (C=O) groups excluding carboxylic acids is 4. The topological polar surface area (TPSA) is 172 Å². The third-order valence-electron chi connectivity index (χ3n) is 13.7. The van der Waals surface area contributed by atoms with Gasteiger partial charge in [-0.1, -0.05) is 18.2 Å². The third kappa shape index (κ3) is 8.11. The Kier molecular flexibility index (Phi) is 11.2. The zero-order valence-corrected chi connectivity index (χ0v) is 35.8. The molecule has 5 aromatic rings. The molecule has 64 heavy (non-hydrogen) atoms. The molecule has 2 atom stereocenters. The number of hydrogen-bond donors (Lipinski definition) is 2. The molecule has 3 aromatic carbocycles. The first-order valence-electron chi connectivity index (χ1n) is 22.3. The molecule has 7 heterocycles. The zero-order chi connectivity index (χ0) is 44.1. The predicted molar refractivity (Wildman–Crippen MR) is 236 cm³/mol. The van der Waals surface area contributed by atoms with Crippen LogP contribution in [0.4, 0.5) is 15.9 Å². The van der Waals surface area contributed by atoms with Crippen LogP contribution in [0.15, 0.2) is 79.3 Å². The lowest BCUT2D eigenvalue weighted by atomic mass is 9.92. The van der Waals surface area contributed by atoms with Crippen molar-refractivity contribution in [2.45, 2.75) is 70.7 Å². The third-order valence-corrected chi connectivity index (χ3v) is 13.7. The molecule has 0 bridgehead atoms. The summed E-state index contributed by atoms with van der Waals surface area (Å²) in [5.74, 6) is -0.422. The molecule has 4 amide bonds. The normalized spacial score (nSPS) is 20.4. The first-order chi connectivity index (χ1) is 31.1. The van der Waals surface area contributed by atoms with Crippen LogP contribution in [-0.2, 0) is 22.7 Å². The fourth-order valence-corrected chi connectivity index (χ4v) is 10.3. The lowest BCUT2D eigenvalue weighted by Gasteiger charge is -2.39. The Bertz CT molecular complexity index is 2620. The van der Waals surface area contributed by atoms with E-state index in [0.717, 1.165) is 86.9 Å². The standard InChI is InChI=1S/C48H51FN10O5/c1-29(38-22-34(49)5-8-41(38)59-52-15-16-53-59)64-43-21-33(24-51-45(43)50)36-4-2-3-32-27-56(28-40(32)36)26-30-11-17-55(18-12-30)25-31-13-19-57(20-14-31)35-6-7-37-39(23-35)48(63)58(47(37)62)42-9-10-44(60)54-46(42)61/h2-8,15-16,21-24,29-31,42H,9-14,17-20,25-28H2,1H3,(H2,50,51)(H,54,60,61)/t29-,42?/m1/s1. The van der Waals surface area contributed by atoms with E-state index in [1.807, 2.05) is 19.1 Å². The molecule has 10 rings (SSSR count). The van der Waals surface area contributed by atoms with Crippen molar-refractivity contribution in [2.75, 3.05) is 49.9 Å². The van der Waals surface area contributed by atoms with Crippen molar-refractivity contribution >= 4 is 35.1 Å². The molecule has 5 aliphatic heterocycles. The molecule has 1 unspecified atom stereocenters. The summed E-state index contributed by atoms with van der Waals surface area (Å²) in [7, 11) is 0. The number of piperidine rings is 3. The van der Waals surface area contributed by atoms with E-state index in [4.69, 9.17) is 10.5 Å². The maximum absolute atomic E-state index is 14.4. The Balaban J connectivity index is 0.708. The Morgan fingerprint density at radius 1 is 0.812 bits per heavy atom. The summed E-state index contributed by atoms with van der Waals surface area (Å²) in [6.45, 7) is 9.67. The molecule has 2 aromatic heterocycles. The minimum absolute atomic E-state index is 0.0961. The number of rotatable bonds is 11. The number of likely N-dealkylation sites (tertiary alicyclic amines) is 1. The van der Waals surface area contributed by atoms with Gasteiger partial charge >= 0.3 is 0 Å². The first-order valence-corrected chi connectivity index (χ1v) is 22.3. The van der Waals surface area contributed by atoms with Crippen molar-refractivity contribution in [3.05, 3.63) is 113 Å². The van der Waals surface area contributed by atoms with Crippen LogP contribution in [0.2, 0.25) is 0 Å². The molecule has 16 heteroatoms. The second-order valence-electron chi connectivity index (χ2n) is 17.9. The summed E-state index contributed by atoms with van der Waals surface area (Å²) in [6, 6.07) is 17.3. The van der Waals surface area contributed by atoms with Gasteiger partial charge in [0.2, 0.25) is 11.8 Å². The average Bonchev–Trinajstić information content (AvgIpc) is 4.04. The molecule has 0 aliphatic carbocycles. The number of nitrogens with one attached hydrogen (secondary N) is 1. The lowest BCUT2D eigenvalue weighted by Crippen LogP contribution is -2.54. The molecular weight excluding hydrogens is 816 g/mol. The Morgan fingerprint density at radius 3 is 2.31 bits per heavy atom. The van der Waals surface area contributed by atoms with Crippen LogP contribution in [0.5, 0.6) is 5.75 Å². The van der Waals surface area contributed by atoms with Crippen LogP contribution in [-0.4, -0.2) is 104 Å². The Hall–Kier alpha value is -6.52. The summed E-state index contributed by atoms with van der Waals surface area (Å²) in [6.07, 6.45) is 9.04. The van der Waals surface area contributed by atoms with Crippen LogP contribution in [0.3, 0.4) is 0 Å². The van der Waals surface area contributed by atoms with Crippen LogP contribution >= 0.6 is 0 Å². The van der Waals surface area contributed by atoms with Gasteiger partial charge in [-0.05, 0) is 123 Å². The smallest absolute Gasteiger partial charge is 0.262 e.